The molecule has 3 heteroatoms. The third-order valence-electron chi connectivity index (χ3n) is 3.94. The maximum Gasteiger partial charge on any atom is 0.309 e. The lowest BCUT2D eigenvalue weighted by Gasteiger charge is -2.31. The van der Waals surface area contributed by atoms with Crippen molar-refractivity contribution in [3.63, 3.8) is 0 Å². The van der Waals surface area contributed by atoms with Gasteiger partial charge in [0.1, 0.15) is 0 Å². The first-order chi connectivity index (χ1) is 9.10. The Morgan fingerprint density at radius 1 is 1.42 bits per heavy atom. The number of likely N-dealkylation sites (tertiary alicyclic amines) is 1. The van der Waals surface area contributed by atoms with E-state index in [4.69, 9.17) is 4.74 Å². The van der Waals surface area contributed by atoms with E-state index in [0.29, 0.717) is 0 Å². The molecular formula is C16H23NO2. The summed E-state index contributed by atoms with van der Waals surface area (Å²) in [4.78, 5) is 14.0. The van der Waals surface area contributed by atoms with Crippen molar-refractivity contribution in [2.45, 2.75) is 33.2 Å². The topological polar surface area (TPSA) is 29.5 Å². The van der Waals surface area contributed by atoms with E-state index in [2.05, 4.69) is 36.9 Å². The summed E-state index contributed by atoms with van der Waals surface area (Å²) in [6.07, 6.45) is 2.03. The van der Waals surface area contributed by atoms with Crippen LogP contribution in [0.1, 0.15) is 29.5 Å². The Bertz CT molecular complexity index is 456. The number of hydrogen-bond donors (Lipinski definition) is 0. The fourth-order valence-corrected chi connectivity index (χ4v) is 2.77. The zero-order valence-electron chi connectivity index (χ0n) is 12.1. The van der Waals surface area contributed by atoms with Crippen LogP contribution in [0.4, 0.5) is 0 Å². The minimum absolute atomic E-state index is 0.0452. The van der Waals surface area contributed by atoms with Crippen molar-refractivity contribution in [3.8, 4) is 0 Å². The van der Waals surface area contributed by atoms with Crippen LogP contribution >= 0.6 is 0 Å². The van der Waals surface area contributed by atoms with Crippen LogP contribution in [0.3, 0.4) is 0 Å². The summed E-state index contributed by atoms with van der Waals surface area (Å²) < 4.78 is 4.87. The molecule has 0 amide bonds. The predicted octanol–water partition coefficient (Wildman–Crippen LogP) is 2.69. The number of nitrogens with zero attached hydrogens (tertiary/aromatic N) is 1. The Morgan fingerprint density at radius 2 is 2.21 bits per heavy atom. The van der Waals surface area contributed by atoms with E-state index in [9.17, 15) is 4.79 Å². The third kappa shape index (κ3) is 3.57. The van der Waals surface area contributed by atoms with Crippen LogP contribution in [0.2, 0.25) is 0 Å². The molecule has 3 nitrogen and oxygen atoms in total. The lowest BCUT2D eigenvalue weighted by atomic mass is 9.97. The van der Waals surface area contributed by atoms with Gasteiger partial charge in [0, 0.05) is 13.1 Å². The van der Waals surface area contributed by atoms with Gasteiger partial charge in [-0.05, 0) is 44.4 Å². The van der Waals surface area contributed by atoms with Crippen molar-refractivity contribution in [1.82, 2.24) is 4.90 Å². The molecular weight excluding hydrogens is 238 g/mol. The van der Waals surface area contributed by atoms with Gasteiger partial charge in [-0.25, -0.2) is 0 Å². The molecule has 1 aliphatic rings. The van der Waals surface area contributed by atoms with Crippen molar-refractivity contribution < 1.29 is 9.53 Å². The molecule has 0 N–H and O–H groups in total. The fourth-order valence-electron chi connectivity index (χ4n) is 2.77. The number of rotatable bonds is 3. The fraction of sp³-hybridized carbons (Fsp3) is 0.562. The van der Waals surface area contributed by atoms with E-state index < -0.39 is 0 Å². The molecule has 1 saturated heterocycles. The molecule has 1 fully saturated rings. The molecule has 1 aromatic rings. The van der Waals surface area contributed by atoms with E-state index in [1.165, 1.54) is 23.8 Å². The van der Waals surface area contributed by atoms with Crippen molar-refractivity contribution >= 4 is 5.97 Å². The minimum Gasteiger partial charge on any atom is -0.469 e. The van der Waals surface area contributed by atoms with Crippen LogP contribution in [-0.4, -0.2) is 31.1 Å². The molecule has 1 aliphatic heterocycles. The highest BCUT2D eigenvalue weighted by Gasteiger charge is 2.26. The van der Waals surface area contributed by atoms with Gasteiger partial charge in [0.05, 0.1) is 13.0 Å². The van der Waals surface area contributed by atoms with E-state index >= 15 is 0 Å². The number of carbonyl (C=O) groups is 1. The summed E-state index contributed by atoms with van der Waals surface area (Å²) in [6, 6.07) is 6.57. The molecule has 0 bridgehead atoms. The molecule has 1 heterocycles. The van der Waals surface area contributed by atoms with Gasteiger partial charge < -0.3 is 4.74 Å². The van der Waals surface area contributed by atoms with Crippen LogP contribution in [-0.2, 0) is 16.1 Å². The molecule has 2 rings (SSSR count). The highest BCUT2D eigenvalue weighted by atomic mass is 16.5. The van der Waals surface area contributed by atoms with Gasteiger partial charge in [-0.15, -0.1) is 0 Å². The molecule has 104 valence electrons. The first kappa shape index (κ1) is 14.1. The van der Waals surface area contributed by atoms with Crippen molar-refractivity contribution in [2.24, 2.45) is 5.92 Å². The maximum atomic E-state index is 11.6. The van der Waals surface area contributed by atoms with Gasteiger partial charge in [-0.3, -0.25) is 9.69 Å². The van der Waals surface area contributed by atoms with Crippen molar-refractivity contribution in [3.05, 3.63) is 34.9 Å². The third-order valence-corrected chi connectivity index (χ3v) is 3.94. The Balaban J connectivity index is 2.02. The second kappa shape index (κ2) is 6.20. The van der Waals surface area contributed by atoms with Crippen LogP contribution in [0, 0.1) is 19.8 Å². The molecule has 0 radical (unpaired) electrons. The number of aryl methyl sites for hydroxylation is 2. The van der Waals surface area contributed by atoms with E-state index in [0.717, 1.165) is 32.5 Å². The zero-order valence-corrected chi connectivity index (χ0v) is 12.1. The minimum atomic E-state index is -0.0642. The SMILES string of the molecule is COC(=O)[C@H]1CCCN(Cc2cc(C)ccc2C)C1. The van der Waals surface area contributed by atoms with Crippen LogP contribution in [0.25, 0.3) is 0 Å². The van der Waals surface area contributed by atoms with E-state index in [1.54, 1.807) is 0 Å². The smallest absolute Gasteiger partial charge is 0.309 e. The number of methoxy groups -OCH3 is 1. The highest BCUT2D eigenvalue weighted by Crippen LogP contribution is 2.21. The Kier molecular flexibility index (Phi) is 4.59. The average molecular weight is 261 g/mol. The summed E-state index contributed by atoms with van der Waals surface area (Å²) in [5, 5.41) is 0. The number of ether oxygens (including phenoxy) is 1. The molecule has 1 aromatic carbocycles. The summed E-state index contributed by atoms with van der Waals surface area (Å²) in [5.74, 6) is -0.0190. The van der Waals surface area contributed by atoms with Crippen LogP contribution < -0.4 is 0 Å². The molecule has 0 unspecified atom stereocenters. The Hall–Kier alpha value is -1.35. The van der Waals surface area contributed by atoms with Crippen LogP contribution in [0.5, 0.6) is 0 Å². The van der Waals surface area contributed by atoms with Gasteiger partial charge in [0.15, 0.2) is 0 Å². The lowest BCUT2D eigenvalue weighted by Crippen LogP contribution is -2.38. The Labute approximate surface area is 115 Å². The summed E-state index contributed by atoms with van der Waals surface area (Å²) in [6.45, 7) is 7.09. The molecule has 0 spiro atoms. The second-order valence-corrected chi connectivity index (χ2v) is 5.53. The monoisotopic (exact) mass is 261 g/mol. The molecule has 19 heavy (non-hydrogen) atoms. The zero-order chi connectivity index (χ0) is 13.8. The van der Waals surface area contributed by atoms with Gasteiger partial charge >= 0.3 is 5.97 Å². The molecule has 0 aromatic heterocycles. The van der Waals surface area contributed by atoms with Gasteiger partial charge in [0.25, 0.3) is 0 Å². The number of benzene rings is 1. The lowest BCUT2D eigenvalue weighted by molar-refractivity contribution is -0.147. The standard InChI is InChI=1S/C16H23NO2/c1-12-6-7-13(2)15(9-12)11-17-8-4-5-14(10-17)16(18)19-3/h6-7,9,14H,4-5,8,10-11H2,1-3H3/t14-/m0/s1. The summed E-state index contributed by atoms with van der Waals surface area (Å²) >= 11 is 0. The quantitative estimate of drug-likeness (QED) is 0.784. The largest absolute Gasteiger partial charge is 0.469 e. The number of hydrogen-bond acceptors (Lipinski definition) is 3. The van der Waals surface area contributed by atoms with Crippen molar-refractivity contribution in [1.29, 1.82) is 0 Å². The number of piperidine rings is 1. The normalized spacial score (nSPS) is 20.3. The van der Waals surface area contributed by atoms with E-state index in [-0.39, 0.29) is 11.9 Å². The van der Waals surface area contributed by atoms with Gasteiger partial charge in [-0.2, -0.15) is 0 Å². The van der Waals surface area contributed by atoms with Gasteiger partial charge in [0.2, 0.25) is 0 Å². The maximum absolute atomic E-state index is 11.6. The average Bonchev–Trinajstić information content (AvgIpc) is 2.42. The van der Waals surface area contributed by atoms with E-state index in [1.807, 2.05) is 0 Å². The summed E-state index contributed by atoms with van der Waals surface area (Å²) in [5.41, 5.74) is 3.98. The van der Waals surface area contributed by atoms with Crippen molar-refractivity contribution in [2.75, 3.05) is 20.2 Å². The highest BCUT2D eigenvalue weighted by molar-refractivity contribution is 5.72. The number of esters is 1. The summed E-state index contributed by atoms with van der Waals surface area (Å²) in [7, 11) is 1.48. The first-order valence-corrected chi connectivity index (χ1v) is 6.96. The predicted molar refractivity (Wildman–Crippen MR) is 75.9 cm³/mol. The Morgan fingerprint density at radius 3 is 2.95 bits per heavy atom. The van der Waals surface area contributed by atoms with Crippen LogP contribution in [0.15, 0.2) is 18.2 Å². The second-order valence-electron chi connectivity index (χ2n) is 5.53. The first-order valence-electron chi connectivity index (χ1n) is 6.96. The van der Waals surface area contributed by atoms with Gasteiger partial charge in [-0.1, -0.05) is 23.8 Å². The number of carbonyl (C=O) groups excluding carboxylic acids is 1. The molecule has 1 atom stereocenters. The molecule has 0 aliphatic carbocycles. The molecule has 0 saturated carbocycles.